The van der Waals surface area contributed by atoms with Crippen molar-refractivity contribution in [3.05, 3.63) is 82.3 Å². The second-order valence-corrected chi connectivity index (χ2v) is 6.12. The quantitative estimate of drug-likeness (QED) is 0.750. The monoisotopic (exact) mass is 395 g/mol. The molecular weight excluding hydrogens is 378 g/mol. The van der Waals surface area contributed by atoms with Crippen molar-refractivity contribution in [1.82, 2.24) is 5.48 Å². The molecule has 0 unspecified atom stereocenters. The lowest BCUT2D eigenvalue weighted by molar-refractivity contribution is -0.0430. The van der Waals surface area contributed by atoms with Gasteiger partial charge in [-0.05, 0) is 23.3 Å². The van der Waals surface area contributed by atoms with E-state index in [1.54, 1.807) is 0 Å². The minimum Gasteiger partial charge on any atom is -0.375 e. The summed E-state index contributed by atoms with van der Waals surface area (Å²) in [4.78, 5) is 5.70. The Morgan fingerprint density at radius 2 is 1.87 bits per heavy atom. The van der Waals surface area contributed by atoms with E-state index < -0.39 is 0 Å². The van der Waals surface area contributed by atoms with Crippen LogP contribution in [-0.4, -0.2) is 12.6 Å². The molecule has 0 aliphatic carbocycles. The smallest absolute Gasteiger partial charge is 0.122 e. The number of halogens is 2. The molecule has 1 N–H and O–H groups in total. The summed E-state index contributed by atoms with van der Waals surface area (Å²) in [5, 5.41) is 0. The van der Waals surface area contributed by atoms with Gasteiger partial charge in [0.05, 0.1) is 19.3 Å². The zero-order valence-corrected chi connectivity index (χ0v) is 14.9. The molecule has 2 aromatic carbocycles. The summed E-state index contributed by atoms with van der Waals surface area (Å²) in [5.74, 6) is 0. The summed E-state index contributed by atoms with van der Waals surface area (Å²) in [6.07, 6.45) is 4.09. The highest BCUT2D eigenvalue weighted by Crippen LogP contribution is 2.24. The first-order chi connectivity index (χ1) is 10.8. The number of benzene rings is 2. The molecule has 0 bridgehead atoms. The first-order valence-electron chi connectivity index (χ1n) is 7.28. The van der Waals surface area contributed by atoms with Gasteiger partial charge >= 0.3 is 0 Å². The van der Waals surface area contributed by atoms with Gasteiger partial charge in [0.25, 0.3) is 0 Å². The molecule has 2 atom stereocenters. The second-order valence-electron chi connectivity index (χ2n) is 5.20. The van der Waals surface area contributed by atoms with E-state index >= 15 is 0 Å². The Labute approximate surface area is 151 Å². The maximum absolute atomic E-state index is 5.72. The lowest BCUT2D eigenvalue weighted by Crippen LogP contribution is -2.35. The van der Waals surface area contributed by atoms with Crippen LogP contribution in [-0.2, 0) is 16.2 Å². The van der Waals surface area contributed by atoms with E-state index in [0.717, 1.165) is 10.0 Å². The highest BCUT2D eigenvalue weighted by atomic mass is 79.9. The summed E-state index contributed by atoms with van der Waals surface area (Å²) >= 11 is 3.48. The van der Waals surface area contributed by atoms with Crippen LogP contribution < -0.4 is 5.48 Å². The fourth-order valence-corrected chi connectivity index (χ4v) is 2.72. The number of nitrogens with one attached hydrogen (secondary N) is 1. The fraction of sp³-hybridized carbons (Fsp3) is 0.222. The van der Waals surface area contributed by atoms with E-state index in [1.165, 1.54) is 5.56 Å². The van der Waals surface area contributed by atoms with Gasteiger partial charge in [-0.3, -0.25) is 4.84 Å². The van der Waals surface area contributed by atoms with E-state index in [1.807, 2.05) is 36.4 Å². The molecule has 23 heavy (non-hydrogen) atoms. The predicted octanol–water partition coefficient (Wildman–Crippen LogP) is 4.59. The highest BCUT2D eigenvalue weighted by molar-refractivity contribution is 9.10. The van der Waals surface area contributed by atoms with Crippen molar-refractivity contribution >= 4 is 28.3 Å². The average Bonchev–Trinajstić information content (AvgIpc) is 2.56. The molecule has 1 heterocycles. The Balaban J connectivity index is 0.00000192. The van der Waals surface area contributed by atoms with E-state index in [-0.39, 0.29) is 24.6 Å². The summed E-state index contributed by atoms with van der Waals surface area (Å²) in [7, 11) is 0. The molecule has 2 aromatic rings. The molecule has 1 aliphatic rings. The van der Waals surface area contributed by atoms with Gasteiger partial charge in [0.2, 0.25) is 0 Å². The number of ether oxygens (including phenoxy) is 1. The van der Waals surface area contributed by atoms with Crippen molar-refractivity contribution < 1.29 is 9.57 Å². The molecule has 3 rings (SSSR count). The van der Waals surface area contributed by atoms with Gasteiger partial charge in [-0.25, -0.2) is 0 Å². The molecule has 0 amide bonds. The van der Waals surface area contributed by atoms with Crippen LogP contribution in [0.3, 0.4) is 0 Å². The minimum atomic E-state index is -0.0668. The molecule has 0 spiro atoms. The van der Waals surface area contributed by atoms with Gasteiger partial charge in [-0.2, -0.15) is 5.48 Å². The van der Waals surface area contributed by atoms with Gasteiger partial charge in [-0.1, -0.05) is 70.5 Å². The van der Waals surface area contributed by atoms with Crippen LogP contribution in [0.2, 0.25) is 0 Å². The third-order valence-electron chi connectivity index (χ3n) is 3.45. The summed E-state index contributed by atoms with van der Waals surface area (Å²) in [6.45, 7) is 1.19. The summed E-state index contributed by atoms with van der Waals surface area (Å²) in [5.41, 5.74) is 5.34. The highest BCUT2D eigenvalue weighted by Gasteiger charge is 2.17. The number of hydroxylamine groups is 1. The Hall–Kier alpha value is -1.17. The van der Waals surface area contributed by atoms with Crippen molar-refractivity contribution in [2.45, 2.75) is 18.8 Å². The molecule has 5 heteroatoms. The van der Waals surface area contributed by atoms with Gasteiger partial charge in [0.15, 0.2) is 0 Å². The molecule has 0 fully saturated rings. The fourth-order valence-electron chi connectivity index (χ4n) is 2.30. The molecule has 0 saturated carbocycles. The summed E-state index contributed by atoms with van der Waals surface area (Å²) < 4.78 is 6.77. The van der Waals surface area contributed by atoms with Crippen LogP contribution in [0.15, 0.2) is 71.2 Å². The Morgan fingerprint density at radius 1 is 1.04 bits per heavy atom. The number of hydrogen-bond donors (Lipinski definition) is 1. The number of hydrogen-bond acceptors (Lipinski definition) is 3. The molecule has 0 saturated heterocycles. The van der Waals surface area contributed by atoms with E-state index in [0.29, 0.717) is 13.2 Å². The molecule has 0 aromatic heterocycles. The maximum atomic E-state index is 5.72. The normalized spacial score (nSPS) is 20.0. The Morgan fingerprint density at radius 3 is 2.57 bits per heavy atom. The lowest BCUT2D eigenvalue weighted by atomic mass is 10.1. The second kappa shape index (κ2) is 9.21. The van der Waals surface area contributed by atoms with Gasteiger partial charge in [0.1, 0.15) is 6.10 Å². The van der Waals surface area contributed by atoms with Crippen LogP contribution in [0.5, 0.6) is 0 Å². The van der Waals surface area contributed by atoms with E-state index in [9.17, 15) is 0 Å². The van der Waals surface area contributed by atoms with Crippen molar-refractivity contribution in [2.24, 2.45) is 0 Å². The molecular formula is C18H19BrClNO2. The van der Waals surface area contributed by atoms with Gasteiger partial charge in [-0.15, -0.1) is 12.4 Å². The molecule has 3 nitrogen and oxygen atoms in total. The van der Waals surface area contributed by atoms with E-state index in [2.05, 4.69) is 51.8 Å². The van der Waals surface area contributed by atoms with Crippen LogP contribution in [0.4, 0.5) is 0 Å². The Kier molecular flexibility index (Phi) is 7.27. The SMILES string of the molecule is Brc1cccc([C@@H]2C=C[C@H](COCc3ccccc3)NO2)c1.Cl. The summed E-state index contributed by atoms with van der Waals surface area (Å²) in [6, 6.07) is 18.4. The topological polar surface area (TPSA) is 30.5 Å². The molecule has 0 radical (unpaired) electrons. The number of rotatable bonds is 5. The third kappa shape index (κ3) is 5.44. The first kappa shape index (κ1) is 18.2. The average molecular weight is 397 g/mol. The van der Waals surface area contributed by atoms with Crippen LogP contribution in [0.1, 0.15) is 17.2 Å². The Bertz CT molecular complexity index is 636. The molecule has 1 aliphatic heterocycles. The van der Waals surface area contributed by atoms with Crippen molar-refractivity contribution in [3.63, 3.8) is 0 Å². The lowest BCUT2D eigenvalue weighted by Gasteiger charge is -2.24. The third-order valence-corrected chi connectivity index (χ3v) is 3.94. The first-order valence-corrected chi connectivity index (χ1v) is 8.07. The van der Waals surface area contributed by atoms with Crippen molar-refractivity contribution in [3.8, 4) is 0 Å². The predicted molar refractivity (Wildman–Crippen MR) is 97.4 cm³/mol. The van der Waals surface area contributed by atoms with Crippen LogP contribution in [0.25, 0.3) is 0 Å². The standard InChI is InChI=1S/C18H18BrNO2.ClH/c19-16-8-4-7-15(11-16)18-10-9-17(20-22-18)13-21-12-14-5-2-1-3-6-14;/h1-11,17-18,20H,12-13H2;1H/t17-,18+;/m1./s1. The van der Waals surface area contributed by atoms with Crippen LogP contribution in [0, 0.1) is 0 Å². The van der Waals surface area contributed by atoms with E-state index in [4.69, 9.17) is 9.57 Å². The van der Waals surface area contributed by atoms with Crippen LogP contribution >= 0.6 is 28.3 Å². The van der Waals surface area contributed by atoms with Crippen molar-refractivity contribution in [2.75, 3.05) is 6.61 Å². The van der Waals surface area contributed by atoms with Gasteiger partial charge in [0, 0.05) is 4.47 Å². The van der Waals surface area contributed by atoms with Gasteiger partial charge < -0.3 is 4.74 Å². The zero-order valence-electron chi connectivity index (χ0n) is 12.5. The molecule has 122 valence electrons. The minimum absolute atomic E-state index is 0. The largest absolute Gasteiger partial charge is 0.375 e. The van der Waals surface area contributed by atoms with Crippen molar-refractivity contribution in [1.29, 1.82) is 0 Å². The maximum Gasteiger partial charge on any atom is 0.122 e. The zero-order chi connectivity index (χ0) is 15.2.